The van der Waals surface area contributed by atoms with E-state index in [0.717, 1.165) is 5.92 Å². The summed E-state index contributed by atoms with van der Waals surface area (Å²) < 4.78 is 1.40. The van der Waals surface area contributed by atoms with Gasteiger partial charge < -0.3 is 10.6 Å². The van der Waals surface area contributed by atoms with Crippen LogP contribution in [0, 0.1) is 5.92 Å². The second kappa shape index (κ2) is 5.39. The Balaban J connectivity index is 1.86. The van der Waals surface area contributed by atoms with Crippen LogP contribution >= 0.6 is 11.3 Å². The Morgan fingerprint density at radius 3 is 3.11 bits per heavy atom. The summed E-state index contributed by atoms with van der Waals surface area (Å²) in [5, 5.41) is 10.7. The van der Waals surface area contributed by atoms with Gasteiger partial charge in [-0.1, -0.05) is 18.2 Å². The van der Waals surface area contributed by atoms with E-state index < -0.39 is 0 Å². The second-order valence-electron chi connectivity index (χ2n) is 5.12. The van der Waals surface area contributed by atoms with Crippen molar-refractivity contribution in [3.05, 3.63) is 35.2 Å². The molecule has 1 fully saturated rings. The minimum Gasteiger partial charge on any atom is -0.316 e. The van der Waals surface area contributed by atoms with Crippen molar-refractivity contribution in [3.63, 3.8) is 0 Å². The van der Waals surface area contributed by atoms with Gasteiger partial charge in [-0.2, -0.15) is 0 Å². The summed E-state index contributed by atoms with van der Waals surface area (Å²) in [5.41, 5.74) is 1.48. The lowest BCUT2D eigenvalue weighted by Gasteiger charge is -2.19. The maximum atomic E-state index is 3.50. The van der Waals surface area contributed by atoms with Crippen molar-refractivity contribution < 1.29 is 0 Å². The molecule has 0 spiro atoms. The fourth-order valence-electron chi connectivity index (χ4n) is 2.92. The predicted molar refractivity (Wildman–Crippen MR) is 79.2 cm³/mol. The number of hydrogen-bond acceptors (Lipinski definition) is 3. The van der Waals surface area contributed by atoms with Crippen molar-refractivity contribution >= 4 is 21.4 Å². The van der Waals surface area contributed by atoms with Crippen molar-refractivity contribution in [3.8, 4) is 0 Å². The van der Waals surface area contributed by atoms with Crippen LogP contribution in [-0.2, 0) is 0 Å². The zero-order chi connectivity index (χ0) is 12.4. The number of benzene rings is 1. The van der Waals surface area contributed by atoms with Crippen LogP contribution in [0.2, 0.25) is 0 Å². The zero-order valence-corrected chi connectivity index (χ0v) is 11.6. The smallest absolute Gasteiger partial charge is 0.0346 e. The third kappa shape index (κ3) is 2.30. The fourth-order valence-corrected chi connectivity index (χ4v) is 3.93. The number of thiophene rings is 1. The predicted octanol–water partition coefficient (Wildman–Crippen LogP) is 3.16. The Kier molecular flexibility index (Phi) is 3.64. The molecule has 2 nitrogen and oxygen atoms in total. The first-order valence-electron chi connectivity index (χ1n) is 6.72. The van der Waals surface area contributed by atoms with Crippen LogP contribution in [0.1, 0.15) is 24.4 Å². The number of hydrogen-bond donors (Lipinski definition) is 2. The summed E-state index contributed by atoms with van der Waals surface area (Å²) in [6.45, 7) is 2.37. The SMILES string of the molecule is CNC(CC1CCNC1)c1csc2ccccc12. The molecule has 0 saturated carbocycles. The molecule has 3 heteroatoms. The molecular weight excluding hydrogens is 240 g/mol. The molecule has 1 aromatic heterocycles. The summed E-state index contributed by atoms with van der Waals surface area (Å²) in [6.07, 6.45) is 2.56. The first-order valence-corrected chi connectivity index (χ1v) is 7.60. The minimum atomic E-state index is 0.492. The highest BCUT2D eigenvalue weighted by atomic mass is 32.1. The standard InChI is InChI=1S/C15H20N2S/c1-16-14(8-11-6-7-17-9-11)13-10-18-15-5-3-2-4-12(13)15/h2-5,10-11,14,16-17H,6-9H2,1H3. The van der Waals surface area contributed by atoms with Crippen molar-refractivity contribution in [1.29, 1.82) is 0 Å². The van der Waals surface area contributed by atoms with Crippen LogP contribution in [0.3, 0.4) is 0 Å². The molecule has 2 atom stereocenters. The van der Waals surface area contributed by atoms with E-state index in [-0.39, 0.29) is 0 Å². The van der Waals surface area contributed by atoms with Gasteiger partial charge in [0, 0.05) is 10.7 Å². The van der Waals surface area contributed by atoms with E-state index in [9.17, 15) is 0 Å². The van der Waals surface area contributed by atoms with E-state index in [2.05, 4.69) is 47.3 Å². The molecule has 1 aliphatic heterocycles. The van der Waals surface area contributed by atoms with E-state index in [1.54, 1.807) is 0 Å². The third-order valence-electron chi connectivity index (χ3n) is 3.97. The lowest BCUT2D eigenvalue weighted by Crippen LogP contribution is -2.20. The van der Waals surface area contributed by atoms with Crippen molar-refractivity contribution in [2.75, 3.05) is 20.1 Å². The van der Waals surface area contributed by atoms with Gasteiger partial charge in [0.05, 0.1) is 0 Å². The molecule has 2 N–H and O–H groups in total. The molecule has 2 heterocycles. The van der Waals surface area contributed by atoms with Gasteiger partial charge in [0.15, 0.2) is 0 Å². The molecule has 0 radical (unpaired) electrons. The molecule has 1 aromatic carbocycles. The zero-order valence-electron chi connectivity index (χ0n) is 10.8. The molecule has 0 aliphatic carbocycles. The Bertz CT molecular complexity index is 514. The van der Waals surface area contributed by atoms with E-state index in [4.69, 9.17) is 0 Å². The topological polar surface area (TPSA) is 24.1 Å². The largest absolute Gasteiger partial charge is 0.316 e. The van der Waals surface area contributed by atoms with E-state index in [0.29, 0.717) is 6.04 Å². The highest BCUT2D eigenvalue weighted by Crippen LogP contribution is 2.33. The fraction of sp³-hybridized carbons (Fsp3) is 0.467. The number of rotatable bonds is 4. The average Bonchev–Trinajstić information content (AvgIpc) is 3.05. The van der Waals surface area contributed by atoms with Gasteiger partial charge in [-0.05, 0) is 61.3 Å². The Labute approximate surface area is 112 Å². The molecule has 2 unspecified atom stereocenters. The van der Waals surface area contributed by atoms with Crippen LogP contribution < -0.4 is 10.6 Å². The van der Waals surface area contributed by atoms with E-state index in [1.165, 1.54) is 41.6 Å². The minimum absolute atomic E-state index is 0.492. The van der Waals surface area contributed by atoms with Gasteiger partial charge >= 0.3 is 0 Å². The van der Waals surface area contributed by atoms with Gasteiger partial charge in [0.1, 0.15) is 0 Å². The third-order valence-corrected chi connectivity index (χ3v) is 4.95. The summed E-state index contributed by atoms with van der Waals surface area (Å²) >= 11 is 1.86. The van der Waals surface area contributed by atoms with Crippen LogP contribution in [0.25, 0.3) is 10.1 Å². The van der Waals surface area contributed by atoms with Crippen LogP contribution in [0.4, 0.5) is 0 Å². The van der Waals surface area contributed by atoms with E-state index >= 15 is 0 Å². The van der Waals surface area contributed by atoms with Gasteiger partial charge in [-0.3, -0.25) is 0 Å². The van der Waals surface area contributed by atoms with Gasteiger partial charge in [0.2, 0.25) is 0 Å². The lowest BCUT2D eigenvalue weighted by atomic mass is 9.94. The molecule has 18 heavy (non-hydrogen) atoms. The Morgan fingerprint density at radius 1 is 1.44 bits per heavy atom. The van der Waals surface area contributed by atoms with Crippen molar-refractivity contribution in [2.24, 2.45) is 5.92 Å². The van der Waals surface area contributed by atoms with Crippen molar-refractivity contribution in [1.82, 2.24) is 10.6 Å². The second-order valence-corrected chi connectivity index (χ2v) is 6.03. The van der Waals surface area contributed by atoms with Crippen LogP contribution in [0.5, 0.6) is 0 Å². The van der Waals surface area contributed by atoms with E-state index in [1.807, 2.05) is 11.3 Å². The molecule has 2 aromatic rings. The maximum absolute atomic E-state index is 3.50. The Morgan fingerprint density at radius 2 is 2.33 bits per heavy atom. The van der Waals surface area contributed by atoms with Gasteiger partial charge in [-0.15, -0.1) is 11.3 Å². The summed E-state index contributed by atoms with van der Waals surface area (Å²) in [4.78, 5) is 0. The first-order chi connectivity index (χ1) is 8.88. The summed E-state index contributed by atoms with van der Waals surface area (Å²) in [7, 11) is 2.08. The maximum Gasteiger partial charge on any atom is 0.0346 e. The highest BCUT2D eigenvalue weighted by Gasteiger charge is 2.21. The average molecular weight is 260 g/mol. The Hall–Kier alpha value is -0.900. The molecule has 0 amide bonds. The molecule has 1 saturated heterocycles. The number of nitrogens with one attached hydrogen (secondary N) is 2. The molecule has 96 valence electrons. The van der Waals surface area contributed by atoms with Gasteiger partial charge in [0.25, 0.3) is 0 Å². The van der Waals surface area contributed by atoms with Crippen molar-refractivity contribution in [2.45, 2.75) is 18.9 Å². The highest BCUT2D eigenvalue weighted by molar-refractivity contribution is 7.17. The molecular formula is C15H20N2S. The quantitative estimate of drug-likeness (QED) is 0.882. The van der Waals surface area contributed by atoms with Gasteiger partial charge in [-0.25, -0.2) is 0 Å². The summed E-state index contributed by atoms with van der Waals surface area (Å²) in [5.74, 6) is 0.820. The number of fused-ring (bicyclic) bond motifs is 1. The summed E-state index contributed by atoms with van der Waals surface area (Å²) in [6, 6.07) is 9.22. The molecule has 1 aliphatic rings. The molecule has 3 rings (SSSR count). The lowest BCUT2D eigenvalue weighted by molar-refractivity contribution is 0.433. The molecule has 0 bridgehead atoms. The van der Waals surface area contributed by atoms with Crippen LogP contribution in [-0.4, -0.2) is 20.1 Å². The van der Waals surface area contributed by atoms with Crippen LogP contribution in [0.15, 0.2) is 29.6 Å². The first kappa shape index (κ1) is 12.2. The monoisotopic (exact) mass is 260 g/mol. The normalized spacial score (nSPS) is 21.5.